The van der Waals surface area contributed by atoms with Gasteiger partial charge < -0.3 is 0 Å². The van der Waals surface area contributed by atoms with Gasteiger partial charge in [-0.1, -0.05) is 0 Å². The summed E-state index contributed by atoms with van der Waals surface area (Å²) < 4.78 is 1.76. The molecule has 1 unspecified atom stereocenters. The van der Waals surface area contributed by atoms with Crippen molar-refractivity contribution < 1.29 is 9.72 Å². The third kappa shape index (κ3) is 2.29. The van der Waals surface area contributed by atoms with Crippen LogP contribution in [0.3, 0.4) is 0 Å². The number of non-ortho nitro benzene ring substituents is 1. The Morgan fingerprint density at radius 3 is 3.00 bits per heavy atom. The van der Waals surface area contributed by atoms with Gasteiger partial charge in [0.05, 0.1) is 16.6 Å². The second kappa shape index (κ2) is 5.03. The third-order valence-corrected chi connectivity index (χ3v) is 3.96. The molecule has 0 bridgehead atoms. The van der Waals surface area contributed by atoms with Crippen molar-refractivity contribution in [1.29, 1.82) is 0 Å². The fourth-order valence-electron chi connectivity index (χ4n) is 2.82. The maximum atomic E-state index is 11.6. The maximum Gasteiger partial charge on any atom is 0.271 e. The maximum absolute atomic E-state index is 11.6. The fourth-order valence-corrected chi connectivity index (χ4v) is 2.82. The molecule has 0 saturated heterocycles. The molecule has 2 aromatic rings. The summed E-state index contributed by atoms with van der Waals surface area (Å²) in [6.07, 6.45) is 5.09. The monoisotopic (exact) mass is 273 g/mol. The van der Waals surface area contributed by atoms with E-state index < -0.39 is 4.92 Å². The summed E-state index contributed by atoms with van der Waals surface area (Å²) in [6.45, 7) is 0.626. The van der Waals surface area contributed by atoms with Gasteiger partial charge in [0.15, 0.2) is 0 Å². The highest BCUT2D eigenvalue weighted by molar-refractivity contribution is 5.83. The van der Waals surface area contributed by atoms with E-state index in [2.05, 4.69) is 5.10 Å². The van der Waals surface area contributed by atoms with E-state index in [-0.39, 0.29) is 11.6 Å². The number of nitrogens with zero attached hydrogens (tertiary/aromatic N) is 3. The van der Waals surface area contributed by atoms with Crippen LogP contribution in [-0.4, -0.2) is 20.5 Å². The summed E-state index contributed by atoms with van der Waals surface area (Å²) in [5.74, 6) is 0.473. The van der Waals surface area contributed by atoms with Gasteiger partial charge in [-0.3, -0.25) is 19.6 Å². The van der Waals surface area contributed by atoms with Crippen LogP contribution in [0.5, 0.6) is 0 Å². The minimum atomic E-state index is -0.405. The summed E-state index contributed by atoms with van der Waals surface area (Å²) in [4.78, 5) is 22.0. The summed E-state index contributed by atoms with van der Waals surface area (Å²) in [6, 6.07) is 4.73. The number of carbonyl (C=O) groups is 1. The van der Waals surface area contributed by atoms with Crippen LogP contribution in [0.1, 0.15) is 25.7 Å². The molecule has 0 radical (unpaired) electrons. The Hall–Kier alpha value is -2.24. The molecule has 1 aromatic heterocycles. The molecule has 1 heterocycles. The van der Waals surface area contributed by atoms with Gasteiger partial charge in [-0.15, -0.1) is 0 Å². The molecule has 0 aliphatic heterocycles. The van der Waals surface area contributed by atoms with Crippen LogP contribution in [0.15, 0.2) is 24.4 Å². The van der Waals surface area contributed by atoms with Crippen molar-refractivity contribution in [3.63, 3.8) is 0 Å². The van der Waals surface area contributed by atoms with Gasteiger partial charge in [0, 0.05) is 36.4 Å². The minimum absolute atomic E-state index is 0.0659. The van der Waals surface area contributed by atoms with Crippen molar-refractivity contribution in [2.75, 3.05) is 0 Å². The van der Waals surface area contributed by atoms with Crippen LogP contribution in [0.2, 0.25) is 0 Å². The predicted molar refractivity (Wildman–Crippen MR) is 73.4 cm³/mol. The van der Waals surface area contributed by atoms with Crippen molar-refractivity contribution >= 4 is 22.4 Å². The van der Waals surface area contributed by atoms with Crippen LogP contribution in [0, 0.1) is 16.0 Å². The summed E-state index contributed by atoms with van der Waals surface area (Å²) >= 11 is 0. The van der Waals surface area contributed by atoms with Gasteiger partial charge in [-0.05, 0) is 25.3 Å². The van der Waals surface area contributed by atoms with E-state index in [1.54, 1.807) is 23.0 Å². The minimum Gasteiger partial charge on any atom is -0.299 e. The van der Waals surface area contributed by atoms with E-state index in [1.165, 1.54) is 6.07 Å². The van der Waals surface area contributed by atoms with Crippen molar-refractivity contribution in [2.24, 2.45) is 5.92 Å². The Kier molecular flexibility index (Phi) is 3.22. The summed E-state index contributed by atoms with van der Waals surface area (Å²) in [5.41, 5.74) is 0.820. The summed E-state index contributed by atoms with van der Waals surface area (Å²) in [7, 11) is 0. The smallest absolute Gasteiger partial charge is 0.271 e. The number of ketones is 1. The number of fused-ring (bicyclic) bond motifs is 1. The van der Waals surface area contributed by atoms with E-state index in [9.17, 15) is 14.9 Å². The van der Waals surface area contributed by atoms with Crippen molar-refractivity contribution in [2.45, 2.75) is 32.2 Å². The van der Waals surface area contributed by atoms with Crippen molar-refractivity contribution in [3.05, 3.63) is 34.5 Å². The number of benzene rings is 1. The first-order chi connectivity index (χ1) is 9.65. The molecule has 1 aliphatic carbocycles. The fraction of sp³-hybridized carbons (Fsp3) is 0.429. The molecule has 1 atom stereocenters. The summed E-state index contributed by atoms with van der Waals surface area (Å²) in [5, 5.41) is 16.0. The molecule has 20 heavy (non-hydrogen) atoms. The molecule has 1 saturated carbocycles. The van der Waals surface area contributed by atoms with Crippen LogP contribution >= 0.6 is 0 Å². The Balaban J connectivity index is 1.82. The molecule has 6 heteroatoms. The molecule has 3 rings (SSSR count). The second-order valence-electron chi connectivity index (χ2n) is 5.21. The quantitative estimate of drug-likeness (QED) is 0.633. The molecule has 0 N–H and O–H groups in total. The first-order valence-corrected chi connectivity index (χ1v) is 6.78. The van der Waals surface area contributed by atoms with Crippen LogP contribution in [-0.2, 0) is 11.3 Å². The average molecular weight is 273 g/mol. The lowest BCUT2D eigenvalue weighted by molar-refractivity contribution is -0.384. The first-order valence-electron chi connectivity index (χ1n) is 6.78. The number of hydrogen-bond donors (Lipinski definition) is 0. The van der Waals surface area contributed by atoms with Gasteiger partial charge in [0.25, 0.3) is 5.69 Å². The average Bonchev–Trinajstić information content (AvgIpc) is 3.02. The van der Waals surface area contributed by atoms with Crippen LogP contribution < -0.4 is 0 Å². The second-order valence-corrected chi connectivity index (χ2v) is 5.21. The highest BCUT2D eigenvalue weighted by Gasteiger charge is 2.24. The van der Waals surface area contributed by atoms with E-state index >= 15 is 0 Å². The lowest BCUT2D eigenvalue weighted by Crippen LogP contribution is -2.11. The molecule has 104 valence electrons. The molecule has 1 aromatic carbocycles. The van der Waals surface area contributed by atoms with Gasteiger partial charge in [0.2, 0.25) is 0 Å². The SMILES string of the molecule is O=C1CCCC1CCn1ncc2ccc([N+](=O)[O-])cc21. The lowest BCUT2D eigenvalue weighted by Gasteiger charge is -2.08. The Bertz CT molecular complexity index is 677. The number of hydrogen-bond acceptors (Lipinski definition) is 4. The third-order valence-electron chi connectivity index (χ3n) is 3.96. The Morgan fingerprint density at radius 1 is 1.45 bits per heavy atom. The highest BCUT2D eigenvalue weighted by Crippen LogP contribution is 2.26. The largest absolute Gasteiger partial charge is 0.299 e. The van der Waals surface area contributed by atoms with Gasteiger partial charge in [-0.25, -0.2) is 0 Å². The number of aromatic nitrogens is 2. The zero-order chi connectivity index (χ0) is 14.1. The Morgan fingerprint density at radius 2 is 2.30 bits per heavy atom. The number of carbonyl (C=O) groups excluding carboxylic acids is 1. The van der Waals surface area contributed by atoms with Crippen LogP contribution in [0.25, 0.3) is 10.9 Å². The molecule has 0 amide bonds. The zero-order valence-electron chi connectivity index (χ0n) is 11.0. The van der Waals surface area contributed by atoms with Gasteiger partial charge in [-0.2, -0.15) is 5.10 Å². The number of rotatable bonds is 4. The molecule has 1 aliphatic rings. The topological polar surface area (TPSA) is 78.0 Å². The molecule has 1 fully saturated rings. The predicted octanol–water partition coefficient (Wildman–Crippen LogP) is 2.70. The van der Waals surface area contributed by atoms with Gasteiger partial charge in [0.1, 0.15) is 5.78 Å². The molecular weight excluding hydrogens is 258 g/mol. The molecule has 0 spiro atoms. The first kappa shape index (κ1) is 12.8. The number of Topliss-reactive ketones (excluding diaryl/α,β-unsaturated/α-hetero) is 1. The normalized spacial score (nSPS) is 18.8. The van der Waals surface area contributed by atoms with Crippen molar-refractivity contribution in [1.82, 2.24) is 9.78 Å². The van der Waals surface area contributed by atoms with E-state index in [4.69, 9.17) is 0 Å². The zero-order valence-corrected chi connectivity index (χ0v) is 11.0. The van der Waals surface area contributed by atoms with E-state index in [1.807, 2.05) is 0 Å². The van der Waals surface area contributed by atoms with Crippen molar-refractivity contribution in [3.8, 4) is 0 Å². The highest BCUT2D eigenvalue weighted by atomic mass is 16.6. The van der Waals surface area contributed by atoms with E-state index in [0.29, 0.717) is 18.7 Å². The number of aryl methyl sites for hydroxylation is 1. The molecule has 6 nitrogen and oxygen atoms in total. The van der Waals surface area contributed by atoms with Gasteiger partial charge >= 0.3 is 0 Å². The van der Waals surface area contributed by atoms with E-state index in [0.717, 1.165) is 30.2 Å². The van der Waals surface area contributed by atoms with Crippen LogP contribution in [0.4, 0.5) is 5.69 Å². The number of nitro benzene ring substituents is 1. The standard InChI is InChI=1S/C14H15N3O3/c18-14-3-1-2-10(14)6-7-16-13-8-12(17(19)20)5-4-11(13)9-15-16/h4-5,8-10H,1-3,6-7H2. The lowest BCUT2D eigenvalue weighted by atomic mass is 10.0. The number of nitro groups is 1. The Labute approximate surface area is 115 Å². The molecular formula is C14H15N3O3.